The number of carbonyl (C=O) groups is 1. The monoisotopic (exact) mass is 429 g/mol. The van der Waals surface area contributed by atoms with Crippen LogP contribution in [0.4, 0.5) is 0 Å². The van der Waals surface area contributed by atoms with Gasteiger partial charge in [0.25, 0.3) is 5.91 Å². The van der Waals surface area contributed by atoms with E-state index in [1.165, 1.54) is 0 Å². The minimum atomic E-state index is -0.320. The summed E-state index contributed by atoms with van der Waals surface area (Å²) in [6.07, 6.45) is 3.51. The van der Waals surface area contributed by atoms with Crippen molar-refractivity contribution in [3.8, 4) is 11.3 Å². The summed E-state index contributed by atoms with van der Waals surface area (Å²) in [6.45, 7) is 2.64. The van der Waals surface area contributed by atoms with Crippen LogP contribution in [-0.2, 0) is 6.54 Å². The van der Waals surface area contributed by atoms with Crippen LogP contribution in [0.1, 0.15) is 35.1 Å². The zero-order valence-corrected chi connectivity index (χ0v) is 17.3. The van der Waals surface area contributed by atoms with Crippen molar-refractivity contribution >= 4 is 17.5 Å². The third-order valence-electron chi connectivity index (χ3n) is 5.25. The van der Waals surface area contributed by atoms with Crippen LogP contribution < -0.4 is 5.32 Å². The summed E-state index contributed by atoms with van der Waals surface area (Å²) >= 11 is 6.26. The fraction of sp³-hybridized carbons (Fsp3) is 0.381. The molecule has 1 saturated heterocycles. The molecular formula is C21H24ClN5O3. The van der Waals surface area contributed by atoms with Crippen LogP contribution in [0.3, 0.4) is 0 Å². The highest BCUT2D eigenvalue weighted by Gasteiger charge is 2.23. The lowest BCUT2D eigenvalue weighted by molar-refractivity contribution is 0.0939. The van der Waals surface area contributed by atoms with Crippen LogP contribution in [-0.4, -0.2) is 57.1 Å². The molecule has 1 aromatic carbocycles. The normalized spacial score (nSPS) is 15.4. The van der Waals surface area contributed by atoms with E-state index < -0.39 is 0 Å². The Morgan fingerprint density at radius 1 is 1.23 bits per heavy atom. The van der Waals surface area contributed by atoms with E-state index >= 15 is 0 Å². The number of hydrogen-bond acceptors (Lipinski definition) is 6. The molecule has 3 aromatic rings. The molecule has 4 rings (SSSR count). The maximum atomic E-state index is 11.9. The van der Waals surface area contributed by atoms with Crippen LogP contribution >= 0.6 is 11.6 Å². The number of benzene rings is 1. The van der Waals surface area contributed by atoms with Crippen molar-refractivity contribution in [2.75, 3.05) is 26.2 Å². The number of likely N-dealkylation sites (tertiary alicyclic amines) is 1. The van der Waals surface area contributed by atoms with E-state index in [1.54, 1.807) is 10.9 Å². The molecule has 2 N–H and O–H groups in total. The van der Waals surface area contributed by atoms with Gasteiger partial charge < -0.3 is 14.8 Å². The van der Waals surface area contributed by atoms with Gasteiger partial charge in [-0.2, -0.15) is 0 Å². The first-order valence-corrected chi connectivity index (χ1v) is 10.4. The number of halogens is 1. The molecule has 1 amide bonds. The number of nitrogens with one attached hydrogen (secondary N) is 1. The number of carbonyl (C=O) groups excluding carboxylic acids is 1. The lowest BCUT2D eigenvalue weighted by atomic mass is 10.1. The summed E-state index contributed by atoms with van der Waals surface area (Å²) in [5, 5.41) is 20.1. The summed E-state index contributed by atoms with van der Waals surface area (Å²) in [7, 11) is 0. The summed E-state index contributed by atoms with van der Waals surface area (Å²) in [4.78, 5) is 14.3. The zero-order valence-electron chi connectivity index (χ0n) is 16.5. The number of nitrogens with zero attached hydrogens (tertiary/aromatic N) is 4. The van der Waals surface area contributed by atoms with E-state index in [4.69, 9.17) is 21.1 Å². The second-order valence-electron chi connectivity index (χ2n) is 7.32. The maximum Gasteiger partial charge on any atom is 0.273 e. The maximum absolute atomic E-state index is 11.9. The van der Waals surface area contributed by atoms with Crippen molar-refractivity contribution in [3.05, 3.63) is 59.1 Å². The molecule has 0 unspecified atom stereocenters. The van der Waals surface area contributed by atoms with Gasteiger partial charge in [0.15, 0.2) is 5.69 Å². The molecule has 1 fully saturated rings. The van der Waals surface area contributed by atoms with Gasteiger partial charge in [0.1, 0.15) is 11.5 Å². The van der Waals surface area contributed by atoms with Crippen molar-refractivity contribution in [2.45, 2.75) is 25.4 Å². The number of aliphatic hydroxyl groups excluding tert-OH is 1. The Kier molecular flexibility index (Phi) is 6.47. The van der Waals surface area contributed by atoms with Crippen LogP contribution in [0.25, 0.3) is 11.3 Å². The molecule has 8 nitrogen and oxygen atoms in total. The molecule has 3 heterocycles. The Morgan fingerprint density at radius 2 is 2.03 bits per heavy atom. The van der Waals surface area contributed by atoms with Crippen molar-refractivity contribution in [1.29, 1.82) is 0 Å². The topological polar surface area (TPSA) is 96.4 Å². The number of aliphatic hydroxyl groups is 1. The Hall–Kier alpha value is -2.68. The van der Waals surface area contributed by atoms with E-state index in [9.17, 15) is 4.79 Å². The highest BCUT2D eigenvalue weighted by molar-refractivity contribution is 6.33. The first-order chi connectivity index (χ1) is 14.6. The first-order valence-electron chi connectivity index (χ1n) is 10.0. The number of amides is 1. The highest BCUT2D eigenvalue weighted by atomic mass is 35.5. The standard InChI is InChI=1S/C21H24ClN5O3/c22-18-4-2-1-3-17(18)20-6-5-16(30-20)13-26-10-7-15(8-11-26)27-14-19(24-25-27)21(29)23-9-12-28/h1-6,14-15,28H,7-13H2,(H,23,29). The van der Waals surface area contributed by atoms with Crippen molar-refractivity contribution in [2.24, 2.45) is 0 Å². The lowest BCUT2D eigenvalue weighted by Crippen LogP contribution is -2.34. The fourth-order valence-corrected chi connectivity index (χ4v) is 3.88. The molecule has 9 heteroatoms. The Labute approximate surface area is 179 Å². The van der Waals surface area contributed by atoms with Gasteiger partial charge in [0, 0.05) is 25.2 Å². The summed E-state index contributed by atoms with van der Waals surface area (Å²) in [5.41, 5.74) is 1.17. The summed E-state index contributed by atoms with van der Waals surface area (Å²) in [6, 6.07) is 11.8. The zero-order chi connectivity index (χ0) is 20.9. The minimum absolute atomic E-state index is 0.103. The molecule has 0 bridgehead atoms. The van der Waals surface area contributed by atoms with E-state index in [0.717, 1.165) is 49.6 Å². The van der Waals surface area contributed by atoms with Gasteiger partial charge in [-0.25, -0.2) is 4.68 Å². The van der Waals surface area contributed by atoms with E-state index in [-0.39, 0.29) is 30.8 Å². The molecule has 1 aliphatic rings. The van der Waals surface area contributed by atoms with Gasteiger partial charge in [0.05, 0.1) is 30.4 Å². The molecule has 1 aliphatic heterocycles. The molecule has 0 radical (unpaired) electrons. The largest absolute Gasteiger partial charge is 0.460 e. The molecule has 0 aliphatic carbocycles. The summed E-state index contributed by atoms with van der Waals surface area (Å²) in [5.74, 6) is 1.37. The minimum Gasteiger partial charge on any atom is -0.460 e. The fourth-order valence-electron chi connectivity index (χ4n) is 3.65. The molecule has 2 aromatic heterocycles. The third-order valence-corrected chi connectivity index (χ3v) is 5.58. The number of rotatable bonds is 7. The average molecular weight is 430 g/mol. The second-order valence-corrected chi connectivity index (χ2v) is 7.72. The van der Waals surface area contributed by atoms with E-state index in [2.05, 4.69) is 20.5 Å². The Balaban J connectivity index is 1.31. The molecule has 0 spiro atoms. The van der Waals surface area contributed by atoms with Crippen molar-refractivity contribution in [3.63, 3.8) is 0 Å². The van der Waals surface area contributed by atoms with Gasteiger partial charge in [-0.1, -0.05) is 28.9 Å². The second kappa shape index (κ2) is 9.42. The average Bonchev–Trinajstić information content (AvgIpc) is 3.43. The van der Waals surface area contributed by atoms with Crippen LogP contribution in [0.15, 0.2) is 47.0 Å². The molecule has 158 valence electrons. The first kappa shape index (κ1) is 20.6. The SMILES string of the molecule is O=C(NCCO)c1cn(C2CCN(Cc3ccc(-c4ccccc4Cl)o3)CC2)nn1. The van der Waals surface area contributed by atoms with Gasteiger partial charge in [-0.3, -0.25) is 9.69 Å². The van der Waals surface area contributed by atoms with E-state index in [1.807, 2.05) is 36.4 Å². The van der Waals surface area contributed by atoms with Crippen molar-refractivity contribution < 1.29 is 14.3 Å². The highest BCUT2D eigenvalue weighted by Crippen LogP contribution is 2.30. The van der Waals surface area contributed by atoms with Crippen LogP contribution in [0, 0.1) is 0 Å². The van der Waals surface area contributed by atoms with Gasteiger partial charge in [-0.05, 0) is 37.1 Å². The number of aromatic nitrogens is 3. The van der Waals surface area contributed by atoms with Gasteiger partial charge in [0.2, 0.25) is 0 Å². The molecule has 0 atom stereocenters. The van der Waals surface area contributed by atoms with Crippen molar-refractivity contribution in [1.82, 2.24) is 25.2 Å². The predicted molar refractivity (Wildman–Crippen MR) is 112 cm³/mol. The predicted octanol–water partition coefficient (Wildman–Crippen LogP) is 2.75. The van der Waals surface area contributed by atoms with Gasteiger partial charge >= 0.3 is 0 Å². The van der Waals surface area contributed by atoms with Gasteiger partial charge in [-0.15, -0.1) is 5.10 Å². The lowest BCUT2D eigenvalue weighted by Gasteiger charge is -2.31. The molecule has 30 heavy (non-hydrogen) atoms. The summed E-state index contributed by atoms with van der Waals surface area (Å²) < 4.78 is 7.78. The van der Waals surface area contributed by atoms with Crippen LogP contribution in [0.2, 0.25) is 5.02 Å². The quantitative estimate of drug-likeness (QED) is 0.599. The Morgan fingerprint density at radius 3 is 2.80 bits per heavy atom. The number of furan rings is 1. The van der Waals surface area contributed by atoms with Crippen LogP contribution in [0.5, 0.6) is 0 Å². The molecular weight excluding hydrogens is 406 g/mol. The smallest absolute Gasteiger partial charge is 0.273 e. The number of piperidine rings is 1. The third kappa shape index (κ3) is 4.72. The Bertz CT molecular complexity index is 994. The van der Waals surface area contributed by atoms with E-state index in [0.29, 0.717) is 5.02 Å². The molecule has 0 saturated carbocycles. The number of hydrogen-bond donors (Lipinski definition) is 2.